The van der Waals surface area contributed by atoms with Crippen molar-refractivity contribution in [3.8, 4) is 11.3 Å². The highest BCUT2D eigenvalue weighted by molar-refractivity contribution is 9.10. The van der Waals surface area contributed by atoms with Crippen LogP contribution in [0.5, 0.6) is 0 Å². The second-order valence-corrected chi connectivity index (χ2v) is 5.06. The van der Waals surface area contributed by atoms with Crippen molar-refractivity contribution in [1.82, 2.24) is 14.9 Å². The first-order chi connectivity index (χ1) is 8.67. The average Bonchev–Trinajstić information content (AvgIpc) is 2.68. The van der Waals surface area contributed by atoms with Crippen molar-refractivity contribution in [2.45, 2.75) is 19.9 Å². The second kappa shape index (κ2) is 5.67. The lowest BCUT2D eigenvalue weighted by Gasteiger charge is -2.01. The zero-order chi connectivity index (χ0) is 13.1. The molecule has 2 aromatic rings. The van der Waals surface area contributed by atoms with E-state index in [9.17, 15) is 0 Å². The Morgan fingerprint density at radius 3 is 2.50 bits per heavy atom. The Morgan fingerprint density at radius 1 is 1.28 bits per heavy atom. The topological polar surface area (TPSA) is 29.9 Å². The van der Waals surface area contributed by atoms with E-state index in [2.05, 4.69) is 62.0 Å². The molecule has 0 bridgehead atoms. The summed E-state index contributed by atoms with van der Waals surface area (Å²) in [6.07, 6.45) is 1.06. The van der Waals surface area contributed by atoms with Gasteiger partial charge in [0.2, 0.25) is 0 Å². The molecule has 3 nitrogen and oxygen atoms in total. The summed E-state index contributed by atoms with van der Waals surface area (Å²) in [6.45, 7) is 2.93. The standard InChI is InChI=1S/C14H18BrN3/c1-4-10-5-7-11(8-6-10)13-14(15)18(3)12(17-13)9-16-2/h5-8,16H,4,9H2,1-3H3. The molecule has 0 aliphatic rings. The first kappa shape index (κ1) is 13.3. The van der Waals surface area contributed by atoms with E-state index >= 15 is 0 Å². The van der Waals surface area contributed by atoms with E-state index in [4.69, 9.17) is 0 Å². The van der Waals surface area contributed by atoms with Gasteiger partial charge in [0.1, 0.15) is 16.1 Å². The Hall–Kier alpha value is -1.13. The Kier molecular flexibility index (Phi) is 4.19. The van der Waals surface area contributed by atoms with Crippen molar-refractivity contribution in [2.75, 3.05) is 7.05 Å². The van der Waals surface area contributed by atoms with Crippen LogP contribution in [0.15, 0.2) is 28.9 Å². The summed E-state index contributed by atoms with van der Waals surface area (Å²) in [4.78, 5) is 4.68. The van der Waals surface area contributed by atoms with Crippen LogP contribution in [0.4, 0.5) is 0 Å². The molecule has 1 N–H and O–H groups in total. The van der Waals surface area contributed by atoms with Gasteiger partial charge in [-0.05, 0) is 35.0 Å². The summed E-state index contributed by atoms with van der Waals surface area (Å²) >= 11 is 3.62. The van der Waals surface area contributed by atoms with Crippen LogP contribution in [0.2, 0.25) is 0 Å². The molecule has 4 heteroatoms. The van der Waals surface area contributed by atoms with Crippen LogP contribution in [0.25, 0.3) is 11.3 Å². The predicted molar refractivity (Wildman–Crippen MR) is 78.5 cm³/mol. The Bertz CT molecular complexity index is 529. The predicted octanol–water partition coefficient (Wildman–Crippen LogP) is 3.13. The molecule has 0 aliphatic carbocycles. The fraction of sp³-hybridized carbons (Fsp3) is 0.357. The van der Waals surface area contributed by atoms with Crippen molar-refractivity contribution in [3.63, 3.8) is 0 Å². The Labute approximate surface area is 116 Å². The minimum Gasteiger partial charge on any atom is -0.324 e. The first-order valence-corrected chi connectivity index (χ1v) is 6.91. The van der Waals surface area contributed by atoms with E-state index in [0.29, 0.717) is 0 Å². The van der Waals surface area contributed by atoms with E-state index in [-0.39, 0.29) is 0 Å². The van der Waals surface area contributed by atoms with Crippen LogP contribution in [-0.2, 0) is 20.0 Å². The summed E-state index contributed by atoms with van der Waals surface area (Å²) in [7, 11) is 3.95. The normalized spacial score (nSPS) is 10.9. The molecular weight excluding hydrogens is 290 g/mol. The van der Waals surface area contributed by atoms with Crippen molar-refractivity contribution in [1.29, 1.82) is 0 Å². The molecule has 0 atom stereocenters. The van der Waals surface area contributed by atoms with E-state index in [1.807, 2.05) is 14.1 Å². The lowest BCUT2D eigenvalue weighted by atomic mass is 10.1. The fourth-order valence-corrected chi connectivity index (χ4v) is 2.44. The highest BCUT2D eigenvalue weighted by Gasteiger charge is 2.13. The molecule has 96 valence electrons. The number of nitrogens with zero attached hydrogens (tertiary/aromatic N) is 2. The number of halogens is 1. The van der Waals surface area contributed by atoms with Gasteiger partial charge in [-0.2, -0.15) is 0 Å². The maximum Gasteiger partial charge on any atom is 0.124 e. The van der Waals surface area contributed by atoms with Gasteiger partial charge in [0, 0.05) is 12.6 Å². The number of imidazole rings is 1. The minimum absolute atomic E-state index is 0.766. The van der Waals surface area contributed by atoms with Crippen molar-refractivity contribution in [2.24, 2.45) is 7.05 Å². The van der Waals surface area contributed by atoms with Crippen LogP contribution < -0.4 is 5.32 Å². The average molecular weight is 308 g/mol. The van der Waals surface area contributed by atoms with Crippen LogP contribution in [-0.4, -0.2) is 16.6 Å². The van der Waals surface area contributed by atoms with Crippen LogP contribution >= 0.6 is 15.9 Å². The number of hydrogen-bond donors (Lipinski definition) is 1. The summed E-state index contributed by atoms with van der Waals surface area (Å²) in [6, 6.07) is 8.59. The Morgan fingerprint density at radius 2 is 1.94 bits per heavy atom. The lowest BCUT2D eigenvalue weighted by Crippen LogP contribution is -2.10. The lowest BCUT2D eigenvalue weighted by molar-refractivity contribution is 0.704. The first-order valence-electron chi connectivity index (χ1n) is 6.12. The van der Waals surface area contributed by atoms with Gasteiger partial charge >= 0.3 is 0 Å². The molecule has 2 rings (SSSR count). The van der Waals surface area contributed by atoms with Gasteiger partial charge in [0.05, 0.1) is 6.54 Å². The molecule has 1 aromatic heterocycles. The molecule has 0 amide bonds. The third kappa shape index (κ3) is 2.49. The largest absolute Gasteiger partial charge is 0.324 e. The summed E-state index contributed by atoms with van der Waals surface area (Å²) < 4.78 is 3.09. The monoisotopic (exact) mass is 307 g/mol. The highest BCUT2D eigenvalue weighted by Crippen LogP contribution is 2.28. The SMILES string of the molecule is CCc1ccc(-c2nc(CNC)n(C)c2Br)cc1. The van der Waals surface area contributed by atoms with Gasteiger partial charge in [-0.15, -0.1) is 0 Å². The van der Waals surface area contributed by atoms with Crippen molar-refractivity contribution >= 4 is 15.9 Å². The van der Waals surface area contributed by atoms with Crippen molar-refractivity contribution in [3.05, 3.63) is 40.3 Å². The zero-order valence-electron chi connectivity index (χ0n) is 11.0. The number of benzene rings is 1. The third-order valence-electron chi connectivity index (χ3n) is 3.09. The maximum atomic E-state index is 4.68. The van der Waals surface area contributed by atoms with Gasteiger partial charge in [-0.25, -0.2) is 4.98 Å². The summed E-state index contributed by atoms with van der Waals surface area (Å²) in [5, 5.41) is 3.13. The van der Waals surface area contributed by atoms with Gasteiger partial charge in [0.15, 0.2) is 0 Å². The van der Waals surface area contributed by atoms with E-state index in [1.165, 1.54) is 5.56 Å². The molecule has 1 aromatic carbocycles. The van der Waals surface area contributed by atoms with Crippen molar-refractivity contribution < 1.29 is 0 Å². The van der Waals surface area contributed by atoms with Gasteiger partial charge in [0.25, 0.3) is 0 Å². The Balaban J connectivity index is 2.40. The molecule has 0 spiro atoms. The molecule has 0 saturated carbocycles. The number of rotatable bonds is 4. The number of aryl methyl sites for hydroxylation is 1. The quantitative estimate of drug-likeness (QED) is 0.940. The fourth-order valence-electron chi connectivity index (χ4n) is 1.92. The minimum atomic E-state index is 0.766. The number of aromatic nitrogens is 2. The summed E-state index contributed by atoms with van der Waals surface area (Å²) in [5.74, 6) is 1.03. The smallest absolute Gasteiger partial charge is 0.124 e. The molecule has 0 fully saturated rings. The maximum absolute atomic E-state index is 4.68. The molecule has 1 heterocycles. The molecule has 0 aliphatic heterocycles. The van der Waals surface area contributed by atoms with E-state index in [0.717, 1.165) is 34.7 Å². The highest BCUT2D eigenvalue weighted by atomic mass is 79.9. The molecule has 0 saturated heterocycles. The number of nitrogens with one attached hydrogen (secondary N) is 1. The van der Waals surface area contributed by atoms with Crippen LogP contribution in [0.3, 0.4) is 0 Å². The molecule has 0 radical (unpaired) electrons. The summed E-state index contributed by atoms with van der Waals surface area (Å²) in [5.41, 5.74) is 3.50. The van der Waals surface area contributed by atoms with Gasteiger partial charge in [-0.3, -0.25) is 0 Å². The second-order valence-electron chi connectivity index (χ2n) is 4.31. The molecular formula is C14H18BrN3. The van der Waals surface area contributed by atoms with E-state index in [1.54, 1.807) is 0 Å². The zero-order valence-corrected chi connectivity index (χ0v) is 12.6. The molecule has 18 heavy (non-hydrogen) atoms. The van der Waals surface area contributed by atoms with Gasteiger partial charge in [-0.1, -0.05) is 31.2 Å². The number of hydrogen-bond acceptors (Lipinski definition) is 2. The van der Waals surface area contributed by atoms with Gasteiger partial charge < -0.3 is 9.88 Å². The van der Waals surface area contributed by atoms with Crippen LogP contribution in [0.1, 0.15) is 18.3 Å². The van der Waals surface area contributed by atoms with E-state index < -0.39 is 0 Å². The van der Waals surface area contributed by atoms with Crippen LogP contribution in [0, 0.1) is 0 Å². The third-order valence-corrected chi connectivity index (χ3v) is 4.00. The molecule has 0 unspecified atom stereocenters.